The van der Waals surface area contributed by atoms with Gasteiger partial charge in [-0.2, -0.15) is 0 Å². The van der Waals surface area contributed by atoms with Gasteiger partial charge in [-0.25, -0.2) is 0 Å². The van der Waals surface area contributed by atoms with Crippen LogP contribution in [0.2, 0.25) is 0 Å². The van der Waals surface area contributed by atoms with E-state index >= 15 is 0 Å². The number of aliphatic carboxylic acids is 3. The number of carbonyl (C=O) groups is 4. The van der Waals surface area contributed by atoms with Crippen LogP contribution in [0.5, 0.6) is 5.75 Å². The molecule has 6 unspecified atom stereocenters. The summed E-state index contributed by atoms with van der Waals surface area (Å²) in [4.78, 5) is 52.7. The van der Waals surface area contributed by atoms with Crippen molar-refractivity contribution in [3.63, 3.8) is 0 Å². The average Bonchev–Trinajstić information content (AvgIpc) is 3.88. The minimum Gasteiger partial charge on any atom is -0.492 e. The molecule has 56 heavy (non-hydrogen) atoms. The second kappa shape index (κ2) is 19.9. The van der Waals surface area contributed by atoms with Crippen LogP contribution in [-0.4, -0.2) is 96.3 Å². The first-order chi connectivity index (χ1) is 29.2. The predicted molar refractivity (Wildman–Crippen MR) is 211 cm³/mol. The summed E-state index contributed by atoms with van der Waals surface area (Å²) in [6, 6.07) is 21.5. The molecule has 3 aliphatic heterocycles. The third kappa shape index (κ3) is 11.4. The summed E-state index contributed by atoms with van der Waals surface area (Å²) < 4.78 is 54.1. The standard InChI is InChI=1S/C44H56N4O8/c49-41(24-31-6-1-4-29(18-31)21-38(42(50)51)34-10-13-45-25-34)48(28-33-8-2-5-30(19-33)22-39(43(52)53)35-11-14-46-26-35)16-17-56-37-9-3-7-32(20-37)23-40(44(54)55)36-12-15-47-27-36/h1-9,18-20,34-36,38-40,45-47H,10-17,21-28H2,(H,50,51)(H,52,53)(H,54,55)/i13D2,14D2,15D2. The number of nitrogens with one attached hydrogen (secondary N) is 3. The third-order valence-electron chi connectivity index (χ3n) is 11.2. The fourth-order valence-corrected chi connectivity index (χ4v) is 7.97. The summed E-state index contributed by atoms with van der Waals surface area (Å²) in [6.07, 6.45) is 0.767. The zero-order chi connectivity index (χ0) is 44.8. The van der Waals surface area contributed by atoms with Gasteiger partial charge in [0.05, 0.1) is 30.7 Å². The van der Waals surface area contributed by atoms with Crippen LogP contribution in [0.1, 0.15) is 55.3 Å². The molecular weight excluding hydrogens is 713 g/mol. The second-order valence-corrected chi connectivity index (χ2v) is 15.1. The van der Waals surface area contributed by atoms with Crippen molar-refractivity contribution in [2.75, 3.05) is 52.3 Å². The molecule has 6 N–H and O–H groups in total. The smallest absolute Gasteiger partial charge is 0.307 e. The van der Waals surface area contributed by atoms with E-state index in [9.17, 15) is 34.5 Å². The summed E-state index contributed by atoms with van der Waals surface area (Å²) in [5.74, 6) is -6.43. The Morgan fingerprint density at radius 3 is 1.54 bits per heavy atom. The molecule has 3 heterocycles. The molecule has 0 aromatic heterocycles. The molecule has 12 heteroatoms. The molecule has 0 bridgehead atoms. The first kappa shape index (κ1) is 33.4. The molecule has 0 saturated carbocycles. The Labute approximate surface area is 337 Å². The molecule has 6 atom stereocenters. The lowest BCUT2D eigenvalue weighted by Gasteiger charge is -2.24. The minimum atomic E-state index is -1.64. The monoisotopic (exact) mass is 774 g/mol. The zero-order valence-corrected chi connectivity index (χ0v) is 31.4. The highest BCUT2D eigenvalue weighted by Crippen LogP contribution is 2.27. The number of carboxylic acids is 3. The van der Waals surface area contributed by atoms with Crippen LogP contribution in [0.3, 0.4) is 0 Å². The Bertz CT molecular complexity index is 2090. The van der Waals surface area contributed by atoms with Gasteiger partial charge in [0.25, 0.3) is 0 Å². The van der Waals surface area contributed by atoms with Crippen molar-refractivity contribution in [3.8, 4) is 5.75 Å². The van der Waals surface area contributed by atoms with E-state index in [0.717, 1.165) is 11.1 Å². The average molecular weight is 775 g/mol. The molecule has 3 fully saturated rings. The normalized spacial score (nSPS) is 25.2. The predicted octanol–water partition coefficient (Wildman–Crippen LogP) is 3.90. The number of amides is 1. The molecular formula is C44H56N4O8. The fraction of sp³-hybridized carbons (Fsp3) is 0.500. The number of ether oxygens (including phenoxy) is 1. The van der Waals surface area contributed by atoms with Crippen molar-refractivity contribution in [1.82, 2.24) is 20.9 Å². The number of hydrogen-bond acceptors (Lipinski definition) is 8. The van der Waals surface area contributed by atoms with Gasteiger partial charge in [0.15, 0.2) is 0 Å². The molecule has 3 aromatic rings. The maximum absolute atomic E-state index is 14.2. The van der Waals surface area contributed by atoms with E-state index in [2.05, 4.69) is 16.0 Å². The Morgan fingerprint density at radius 1 is 0.643 bits per heavy atom. The second-order valence-electron chi connectivity index (χ2n) is 15.1. The quantitative estimate of drug-likeness (QED) is 0.0982. The van der Waals surface area contributed by atoms with E-state index < -0.39 is 67.0 Å². The lowest BCUT2D eigenvalue weighted by molar-refractivity contribution is -0.144. The lowest BCUT2D eigenvalue weighted by atomic mass is 9.86. The van der Waals surface area contributed by atoms with Gasteiger partial charge in [0.2, 0.25) is 5.91 Å². The highest BCUT2D eigenvalue weighted by atomic mass is 16.5. The van der Waals surface area contributed by atoms with Crippen LogP contribution in [-0.2, 0) is 51.4 Å². The Kier molecular flexibility index (Phi) is 11.8. The van der Waals surface area contributed by atoms with Gasteiger partial charge in [-0.3, -0.25) is 19.2 Å². The Hall–Kier alpha value is -4.78. The van der Waals surface area contributed by atoms with E-state index in [-0.39, 0.29) is 96.1 Å². The highest BCUT2D eigenvalue weighted by Gasteiger charge is 2.33. The number of carboxylic acid groups (broad SMARTS) is 3. The largest absolute Gasteiger partial charge is 0.492 e. The van der Waals surface area contributed by atoms with Crippen LogP contribution >= 0.6 is 0 Å². The fourth-order valence-electron chi connectivity index (χ4n) is 7.97. The van der Waals surface area contributed by atoms with E-state index in [1.54, 1.807) is 59.5 Å². The van der Waals surface area contributed by atoms with Gasteiger partial charge >= 0.3 is 17.9 Å². The number of carbonyl (C=O) groups excluding carboxylic acids is 1. The molecule has 6 rings (SSSR count). The minimum absolute atomic E-state index is 0.0173. The van der Waals surface area contributed by atoms with Gasteiger partial charge in [0, 0.05) is 14.8 Å². The van der Waals surface area contributed by atoms with Crippen LogP contribution in [0, 0.1) is 35.5 Å². The van der Waals surface area contributed by atoms with Crippen molar-refractivity contribution < 1.29 is 47.5 Å². The van der Waals surface area contributed by atoms with Crippen LogP contribution in [0.15, 0.2) is 72.8 Å². The van der Waals surface area contributed by atoms with Gasteiger partial charge in [-0.1, -0.05) is 60.7 Å². The summed E-state index contributed by atoms with van der Waals surface area (Å²) in [6.45, 7) is -3.77. The number of nitrogens with zero attached hydrogens (tertiary/aromatic N) is 1. The summed E-state index contributed by atoms with van der Waals surface area (Å²) in [5.41, 5.74) is 3.57. The molecule has 12 nitrogen and oxygen atoms in total. The zero-order valence-electron chi connectivity index (χ0n) is 37.4. The first-order valence-corrected chi connectivity index (χ1v) is 19.3. The maximum atomic E-state index is 14.2. The van der Waals surface area contributed by atoms with Crippen LogP contribution < -0.4 is 20.7 Å². The van der Waals surface area contributed by atoms with Crippen molar-refractivity contribution in [3.05, 3.63) is 101 Å². The van der Waals surface area contributed by atoms with Gasteiger partial charge in [0.1, 0.15) is 12.4 Å². The Morgan fingerprint density at radius 2 is 1.07 bits per heavy atom. The molecule has 3 saturated heterocycles. The summed E-state index contributed by atoms with van der Waals surface area (Å²) >= 11 is 0. The molecule has 0 aliphatic carbocycles. The summed E-state index contributed by atoms with van der Waals surface area (Å²) in [7, 11) is 0. The molecule has 1 amide bonds. The van der Waals surface area contributed by atoms with Crippen LogP contribution in [0.25, 0.3) is 0 Å². The number of benzene rings is 3. The third-order valence-corrected chi connectivity index (χ3v) is 11.2. The first-order valence-electron chi connectivity index (χ1n) is 22.3. The van der Waals surface area contributed by atoms with Crippen molar-refractivity contribution >= 4 is 23.8 Å². The van der Waals surface area contributed by atoms with E-state index in [1.165, 1.54) is 0 Å². The van der Waals surface area contributed by atoms with Crippen LogP contribution in [0.4, 0.5) is 0 Å². The number of rotatable bonds is 20. The van der Waals surface area contributed by atoms with E-state index in [4.69, 9.17) is 13.0 Å². The van der Waals surface area contributed by atoms with Gasteiger partial charge in [-0.15, -0.1) is 0 Å². The van der Waals surface area contributed by atoms with E-state index in [0.29, 0.717) is 22.4 Å². The SMILES string of the molecule is [2H]C1([2H])CC(C(Cc2cccc(CC(=O)N(CCOc3cccc(CC(C(=O)O)C4CNC([2H])([2H])C4)c3)Cc3cccc(CC(C(=O)O)C4CNC([2H])([2H])C4)c3)c2)C(=O)O)CN1. The van der Waals surface area contributed by atoms with Gasteiger partial charge < -0.3 is 40.9 Å². The molecule has 3 aliphatic rings. The van der Waals surface area contributed by atoms with E-state index in [1.807, 2.05) is 18.2 Å². The van der Waals surface area contributed by atoms with Crippen molar-refractivity contribution in [2.24, 2.45) is 35.5 Å². The molecule has 3 aromatic carbocycles. The molecule has 300 valence electrons. The number of hydrogen-bond donors (Lipinski definition) is 6. The van der Waals surface area contributed by atoms with Crippen molar-refractivity contribution in [2.45, 2.75) is 51.5 Å². The Balaban J connectivity index is 1.17. The topological polar surface area (TPSA) is 178 Å². The highest BCUT2D eigenvalue weighted by molar-refractivity contribution is 5.79. The van der Waals surface area contributed by atoms with Gasteiger partial charge in [-0.05, 0) is 135 Å². The van der Waals surface area contributed by atoms with Crippen molar-refractivity contribution in [1.29, 1.82) is 0 Å². The summed E-state index contributed by atoms with van der Waals surface area (Å²) in [5, 5.41) is 38.4. The maximum Gasteiger partial charge on any atom is 0.307 e. The molecule has 0 spiro atoms. The lowest BCUT2D eigenvalue weighted by Crippen LogP contribution is -2.35. The molecule has 0 radical (unpaired) electrons.